The molecular weight excluding hydrogens is 334 g/mol. The van der Waals surface area contributed by atoms with Gasteiger partial charge in [0.05, 0.1) is 18.3 Å². The standard InChI is InChI=1S/C13H21N3OS.C2H2O4/c1-2-3-8-17-13-12(14-18-15-13)11-9-16-6-4-10(11)5-7-16;3-1(4)2(5)6/h10-11H,2-9H2,1H3;(H,3,4)(H,5,6). The fourth-order valence-electron chi connectivity index (χ4n) is 3.10. The van der Waals surface area contributed by atoms with Crippen molar-refractivity contribution in [1.29, 1.82) is 0 Å². The number of carboxylic acids is 2. The Morgan fingerprint density at radius 3 is 2.42 bits per heavy atom. The lowest BCUT2D eigenvalue weighted by molar-refractivity contribution is -0.159. The van der Waals surface area contributed by atoms with Gasteiger partial charge in [0.1, 0.15) is 5.69 Å². The highest BCUT2D eigenvalue weighted by atomic mass is 32.1. The van der Waals surface area contributed by atoms with Crippen molar-refractivity contribution in [2.75, 3.05) is 26.2 Å². The second-order valence-corrected chi connectivity index (χ2v) is 6.54. The molecule has 2 bridgehead atoms. The Balaban J connectivity index is 0.000000301. The number of carboxylic acid groups (broad SMARTS) is 2. The number of aliphatic carboxylic acids is 2. The number of hydrogen-bond donors (Lipinski definition) is 2. The van der Waals surface area contributed by atoms with E-state index in [2.05, 4.69) is 20.6 Å². The summed E-state index contributed by atoms with van der Waals surface area (Å²) in [4.78, 5) is 20.8. The first-order valence-corrected chi connectivity index (χ1v) is 8.89. The SMILES string of the molecule is CCCCOc1nsnc1C1CN2CCC1CC2.O=C(O)C(=O)O. The smallest absolute Gasteiger partial charge is 0.414 e. The monoisotopic (exact) mass is 357 g/mol. The van der Waals surface area contributed by atoms with E-state index >= 15 is 0 Å². The van der Waals surface area contributed by atoms with E-state index in [1.807, 2.05) is 0 Å². The maximum Gasteiger partial charge on any atom is 0.414 e. The molecule has 24 heavy (non-hydrogen) atoms. The minimum absolute atomic E-state index is 0.558. The summed E-state index contributed by atoms with van der Waals surface area (Å²) in [5.74, 6) is -1.48. The maximum atomic E-state index is 9.10. The molecule has 2 N–H and O–H groups in total. The van der Waals surface area contributed by atoms with Gasteiger partial charge in [-0.05, 0) is 38.3 Å². The summed E-state index contributed by atoms with van der Waals surface area (Å²) in [7, 11) is 0. The Morgan fingerprint density at radius 2 is 1.92 bits per heavy atom. The summed E-state index contributed by atoms with van der Waals surface area (Å²) in [6, 6.07) is 0. The molecule has 0 aromatic carbocycles. The molecule has 134 valence electrons. The fraction of sp³-hybridized carbons (Fsp3) is 0.733. The molecule has 0 spiro atoms. The number of unbranched alkanes of at least 4 members (excludes halogenated alkanes) is 1. The molecule has 9 heteroatoms. The summed E-state index contributed by atoms with van der Waals surface area (Å²) in [5.41, 5.74) is 1.13. The van der Waals surface area contributed by atoms with Gasteiger partial charge >= 0.3 is 11.9 Å². The van der Waals surface area contributed by atoms with Crippen molar-refractivity contribution < 1.29 is 24.5 Å². The molecule has 3 fully saturated rings. The van der Waals surface area contributed by atoms with Crippen molar-refractivity contribution in [3.63, 3.8) is 0 Å². The van der Waals surface area contributed by atoms with E-state index in [1.165, 1.54) is 37.7 Å². The zero-order valence-electron chi connectivity index (χ0n) is 13.7. The molecule has 3 saturated heterocycles. The average Bonchev–Trinajstić information content (AvgIpc) is 3.05. The first-order valence-electron chi connectivity index (χ1n) is 8.16. The van der Waals surface area contributed by atoms with Crippen molar-refractivity contribution in [3.8, 4) is 5.88 Å². The number of nitrogens with zero attached hydrogens (tertiary/aromatic N) is 3. The second kappa shape index (κ2) is 8.93. The zero-order valence-corrected chi connectivity index (χ0v) is 14.5. The largest absolute Gasteiger partial charge is 0.476 e. The summed E-state index contributed by atoms with van der Waals surface area (Å²) in [6.45, 7) is 6.64. The molecule has 1 aromatic heterocycles. The normalized spacial score (nSPS) is 24.8. The van der Waals surface area contributed by atoms with E-state index in [4.69, 9.17) is 24.5 Å². The van der Waals surface area contributed by atoms with Crippen LogP contribution in [0.2, 0.25) is 0 Å². The second-order valence-electron chi connectivity index (χ2n) is 6.01. The molecule has 8 nitrogen and oxygen atoms in total. The molecule has 0 amide bonds. The van der Waals surface area contributed by atoms with Crippen molar-refractivity contribution in [2.45, 2.75) is 38.5 Å². The van der Waals surface area contributed by atoms with E-state index < -0.39 is 11.9 Å². The molecule has 1 aromatic rings. The van der Waals surface area contributed by atoms with Crippen molar-refractivity contribution in [2.24, 2.45) is 5.92 Å². The van der Waals surface area contributed by atoms with Crippen LogP contribution in [-0.2, 0) is 9.59 Å². The van der Waals surface area contributed by atoms with Gasteiger partial charge < -0.3 is 19.8 Å². The van der Waals surface area contributed by atoms with E-state index in [0.29, 0.717) is 5.92 Å². The Morgan fingerprint density at radius 1 is 1.25 bits per heavy atom. The summed E-state index contributed by atoms with van der Waals surface area (Å²) in [6.07, 6.45) is 4.89. The molecule has 0 saturated carbocycles. The molecule has 1 atom stereocenters. The molecule has 3 aliphatic rings. The van der Waals surface area contributed by atoms with E-state index in [9.17, 15) is 0 Å². The van der Waals surface area contributed by atoms with Crippen LogP contribution in [0.5, 0.6) is 5.88 Å². The number of rotatable bonds is 5. The van der Waals surface area contributed by atoms with Gasteiger partial charge in [0.15, 0.2) is 0 Å². The Bertz CT molecular complexity index is 545. The highest BCUT2D eigenvalue weighted by molar-refractivity contribution is 6.99. The Hall–Kier alpha value is -1.74. The molecule has 0 radical (unpaired) electrons. The highest BCUT2D eigenvalue weighted by Gasteiger charge is 2.38. The van der Waals surface area contributed by atoms with Crippen molar-refractivity contribution >= 4 is 23.7 Å². The third kappa shape index (κ3) is 4.88. The van der Waals surface area contributed by atoms with Gasteiger partial charge in [-0.3, -0.25) is 0 Å². The van der Waals surface area contributed by atoms with Crippen LogP contribution in [0.4, 0.5) is 0 Å². The predicted molar refractivity (Wildman–Crippen MR) is 87.5 cm³/mol. The third-order valence-corrected chi connectivity index (χ3v) is 4.93. The van der Waals surface area contributed by atoms with Crippen LogP contribution in [0.1, 0.15) is 44.2 Å². The minimum Gasteiger partial charge on any atom is -0.476 e. The predicted octanol–water partition coefficient (Wildman–Crippen LogP) is 1.68. The van der Waals surface area contributed by atoms with Crippen LogP contribution < -0.4 is 4.74 Å². The van der Waals surface area contributed by atoms with Crippen LogP contribution in [0, 0.1) is 5.92 Å². The minimum atomic E-state index is -1.82. The van der Waals surface area contributed by atoms with E-state index in [-0.39, 0.29) is 0 Å². The van der Waals surface area contributed by atoms with Gasteiger partial charge in [0.2, 0.25) is 5.88 Å². The van der Waals surface area contributed by atoms with Crippen molar-refractivity contribution in [3.05, 3.63) is 5.69 Å². The van der Waals surface area contributed by atoms with Crippen LogP contribution in [0.25, 0.3) is 0 Å². The van der Waals surface area contributed by atoms with Gasteiger partial charge in [0.25, 0.3) is 0 Å². The molecule has 3 aliphatic heterocycles. The molecule has 0 aliphatic carbocycles. The Labute approximate surface area is 144 Å². The number of piperidine rings is 3. The number of aromatic nitrogens is 2. The Kier molecular flexibility index (Phi) is 6.92. The van der Waals surface area contributed by atoms with Crippen LogP contribution in [-0.4, -0.2) is 62.0 Å². The zero-order chi connectivity index (χ0) is 17.5. The summed E-state index contributed by atoms with van der Waals surface area (Å²) < 4.78 is 14.6. The molecule has 4 heterocycles. The van der Waals surface area contributed by atoms with Gasteiger partial charge in [-0.25, -0.2) is 9.59 Å². The highest BCUT2D eigenvalue weighted by Crippen LogP contribution is 2.41. The molecule has 1 unspecified atom stereocenters. The number of ether oxygens (including phenoxy) is 1. The topological polar surface area (TPSA) is 113 Å². The summed E-state index contributed by atoms with van der Waals surface area (Å²) in [5, 5.41) is 14.8. The first kappa shape index (κ1) is 18.6. The van der Waals surface area contributed by atoms with Crippen LogP contribution in [0.15, 0.2) is 0 Å². The molecular formula is C15H23N3O5S. The number of carbonyl (C=O) groups is 2. The van der Waals surface area contributed by atoms with Crippen LogP contribution >= 0.6 is 11.7 Å². The fourth-order valence-corrected chi connectivity index (χ4v) is 3.66. The lowest BCUT2D eigenvalue weighted by atomic mass is 9.77. The average molecular weight is 357 g/mol. The maximum absolute atomic E-state index is 9.10. The van der Waals surface area contributed by atoms with Gasteiger partial charge in [0, 0.05) is 12.5 Å². The lowest BCUT2D eigenvalue weighted by Crippen LogP contribution is -2.46. The quantitative estimate of drug-likeness (QED) is 0.604. The van der Waals surface area contributed by atoms with E-state index in [1.54, 1.807) is 0 Å². The molecule has 4 rings (SSSR count). The third-order valence-electron chi connectivity index (χ3n) is 4.41. The number of hydrogen-bond acceptors (Lipinski definition) is 7. The van der Waals surface area contributed by atoms with E-state index in [0.717, 1.165) is 43.5 Å². The summed E-state index contributed by atoms with van der Waals surface area (Å²) >= 11 is 1.30. The number of fused-ring (bicyclic) bond motifs is 3. The van der Waals surface area contributed by atoms with Gasteiger partial charge in [-0.1, -0.05) is 13.3 Å². The van der Waals surface area contributed by atoms with Crippen molar-refractivity contribution in [1.82, 2.24) is 13.6 Å². The van der Waals surface area contributed by atoms with Crippen LogP contribution in [0.3, 0.4) is 0 Å². The van der Waals surface area contributed by atoms with Gasteiger partial charge in [-0.2, -0.15) is 4.37 Å². The lowest BCUT2D eigenvalue weighted by Gasteiger charge is -2.44. The first-order chi connectivity index (χ1) is 11.5. The van der Waals surface area contributed by atoms with Gasteiger partial charge in [-0.15, -0.1) is 4.37 Å².